The Kier molecular flexibility index (Phi) is 3.94. The van der Waals surface area contributed by atoms with Crippen LogP contribution in [0, 0.1) is 0 Å². The third-order valence-corrected chi connectivity index (χ3v) is 3.37. The van der Waals surface area contributed by atoms with E-state index in [0.717, 1.165) is 22.0 Å². The number of thiazole rings is 1. The predicted octanol–water partition coefficient (Wildman–Crippen LogP) is 2.49. The van der Waals surface area contributed by atoms with Gasteiger partial charge in [-0.05, 0) is 5.56 Å². The van der Waals surface area contributed by atoms with Crippen molar-refractivity contribution in [3.8, 4) is 11.3 Å². The van der Waals surface area contributed by atoms with Crippen LogP contribution in [-0.2, 0) is 11.3 Å². The Morgan fingerprint density at radius 1 is 1.33 bits per heavy atom. The Hall–Kier alpha value is -1.88. The van der Waals surface area contributed by atoms with Crippen LogP contribution in [0.1, 0.15) is 12.5 Å². The van der Waals surface area contributed by atoms with E-state index >= 15 is 0 Å². The minimum Gasteiger partial charge on any atom is -0.365 e. The molecule has 1 amide bonds. The molecule has 0 aliphatic heterocycles. The number of benzene rings is 1. The highest BCUT2D eigenvalue weighted by molar-refractivity contribution is 7.14. The summed E-state index contributed by atoms with van der Waals surface area (Å²) in [5.41, 5.74) is 3.13. The topological polar surface area (TPSA) is 54.0 Å². The van der Waals surface area contributed by atoms with Crippen LogP contribution in [0.5, 0.6) is 0 Å². The van der Waals surface area contributed by atoms with Crippen LogP contribution in [0.4, 0.5) is 5.13 Å². The average Bonchev–Trinajstić information content (AvgIpc) is 2.85. The number of hydrogen-bond donors (Lipinski definition) is 2. The molecule has 0 saturated heterocycles. The Morgan fingerprint density at radius 3 is 2.61 bits per heavy atom. The first-order valence-electron chi connectivity index (χ1n) is 5.66. The fourth-order valence-corrected chi connectivity index (χ4v) is 2.22. The number of nitrogens with one attached hydrogen (secondary N) is 2. The molecular weight excluding hydrogens is 246 g/mol. The van der Waals surface area contributed by atoms with Gasteiger partial charge in [-0.15, -0.1) is 11.3 Å². The van der Waals surface area contributed by atoms with Crippen LogP contribution >= 0.6 is 11.3 Å². The maximum Gasteiger partial charge on any atom is 0.217 e. The minimum atomic E-state index is -0.0164. The zero-order valence-electron chi connectivity index (χ0n) is 10.4. The smallest absolute Gasteiger partial charge is 0.217 e. The molecule has 4 nitrogen and oxygen atoms in total. The van der Waals surface area contributed by atoms with Crippen molar-refractivity contribution >= 4 is 22.4 Å². The number of hydrogen-bond acceptors (Lipinski definition) is 4. The van der Waals surface area contributed by atoms with Crippen LogP contribution in [-0.4, -0.2) is 17.9 Å². The van der Waals surface area contributed by atoms with Gasteiger partial charge in [0.15, 0.2) is 5.13 Å². The van der Waals surface area contributed by atoms with Crippen molar-refractivity contribution < 1.29 is 4.79 Å². The largest absolute Gasteiger partial charge is 0.365 e. The maximum absolute atomic E-state index is 10.8. The van der Waals surface area contributed by atoms with Crippen molar-refractivity contribution in [1.29, 1.82) is 0 Å². The number of carbonyl (C=O) groups excluding carboxylic acids is 1. The summed E-state index contributed by atoms with van der Waals surface area (Å²) in [5.74, 6) is -0.0164. The number of rotatable bonds is 4. The van der Waals surface area contributed by atoms with Crippen LogP contribution in [0.25, 0.3) is 11.3 Å². The predicted molar refractivity (Wildman–Crippen MR) is 74.6 cm³/mol. The first kappa shape index (κ1) is 12.6. The van der Waals surface area contributed by atoms with Crippen LogP contribution in [0.15, 0.2) is 29.6 Å². The second-order valence-electron chi connectivity index (χ2n) is 3.89. The molecule has 2 aromatic rings. The van der Waals surface area contributed by atoms with E-state index in [0.29, 0.717) is 6.54 Å². The molecule has 0 radical (unpaired) electrons. The molecule has 94 valence electrons. The normalized spacial score (nSPS) is 10.1. The molecule has 2 N–H and O–H groups in total. The Bertz CT molecular complexity index is 533. The number of aromatic nitrogens is 1. The molecule has 0 aliphatic rings. The van der Waals surface area contributed by atoms with Crippen molar-refractivity contribution in [2.24, 2.45) is 0 Å². The van der Waals surface area contributed by atoms with Gasteiger partial charge < -0.3 is 10.6 Å². The van der Waals surface area contributed by atoms with Gasteiger partial charge in [-0.1, -0.05) is 24.3 Å². The van der Waals surface area contributed by atoms with Gasteiger partial charge in [0.25, 0.3) is 0 Å². The summed E-state index contributed by atoms with van der Waals surface area (Å²) in [5, 5.41) is 8.73. The summed E-state index contributed by atoms with van der Waals surface area (Å²) in [4.78, 5) is 15.3. The van der Waals surface area contributed by atoms with Crippen molar-refractivity contribution in [3.63, 3.8) is 0 Å². The monoisotopic (exact) mass is 261 g/mol. The first-order valence-corrected chi connectivity index (χ1v) is 6.54. The molecule has 18 heavy (non-hydrogen) atoms. The lowest BCUT2D eigenvalue weighted by molar-refractivity contribution is -0.119. The van der Waals surface area contributed by atoms with Gasteiger partial charge >= 0.3 is 0 Å². The van der Waals surface area contributed by atoms with Gasteiger partial charge in [-0.25, -0.2) is 4.98 Å². The van der Waals surface area contributed by atoms with Gasteiger partial charge in [0.05, 0.1) is 5.69 Å². The Labute approximate surface area is 110 Å². The molecule has 0 saturated carbocycles. The van der Waals surface area contributed by atoms with Crippen molar-refractivity contribution in [1.82, 2.24) is 10.3 Å². The maximum atomic E-state index is 10.8. The van der Waals surface area contributed by atoms with E-state index in [4.69, 9.17) is 0 Å². The quantitative estimate of drug-likeness (QED) is 0.889. The molecule has 0 atom stereocenters. The molecule has 1 aromatic carbocycles. The van der Waals surface area contributed by atoms with Gasteiger partial charge in [0.1, 0.15) is 0 Å². The number of amides is 1. The Balaban J connectivity index is 2.09. The molecule has 0 fully saturated rings. The van der Waals surface area contributed by atoms with Gasteiger partial charge in [-0.2, -0.15) is 0 Å². The highest BCUT2D eigenvalue weighted by Crippen LogP contribution is 2.24. The molecule has 0 spiro atoms. The highest BCUT2D eigenvalue weighted by Gasteiger charge is 2.03. The van der Waals surface area contributed by atoms with E-state index < -0.39 is 0 Å². The van der Waals surface area contributed by atoms with Crippen molar-refractivity contribution in [2.75, 3.05) is 12.4 Å². The van der Waals surface area contributed by atoms with E-state index in [1.165, 1.54) is 6.92 Å². The van der Waals surface area contributed by atoms with Crippen molar-refractivity contribution in [3.05, 3.63) is 35.2 Å². The Morgan fingerprint density at radius 2 is 2.06 bits per heavy atom. The number of nitrogens with zero attached hydrogens (tertiary/aromatic N) is 1. The average molecular weight is 261 g/mol. The number of anilines is 1. The zero-order valence-corrected chi connectivity index (χ0v) is 11.2. The van der Waals surface area contributed by atoms with E-state index in [1.807, 2.05) is 36.7 Å². The minimum absolute atomic E-state index is 0.0164. The van der Waals surface area contributed by atoms with E-state index in [1.54, 1.807) is 11.3 Å². The van der Waals surface area contributed by atoms with Crippen molar-refractivity contribution in [2.45, 2.75) is 13.5 Å². The lowest BCUT2D eigenvalue weighted by atomic mass is 10.1. The lowest BCUT2D eigenvalue weighted by Gasteiger charge is -2.03. The summed E-state index contributed by atoms with van der Waals surface area (Å²) in [6.45, 7) is 2.08. The molecule has 1 aromatic heterocycles. The van der Waals surface area contributed by atoms with E-state index in [9.17, 15) is 4.79 Å². The van der Waals surface area contributed by atoms with Crippen LogP contribution in [0.2, 0.25) is 0 Å². The summed E-state index contributed by atoms with van der Waals surface area (Å²) in [6.07, 6.45) is 0. The highest BCUT2D eigenvalue weighted by atomic mass is 32.1. The molecule has 0 aliphatic carbocycles. The fraction of sp³-hybridized carbons (Fsp3) is 0.231. The van der Waals surface area contributed by atoms with Gasteiger partial charge in [0, 0.05) is 31.5 Å². The standard InChI is InChI=1S/C13H15N3OS/c1-9(17)15-7-10-3-5-11(6-4-10)12-8-18-13(14-2)16-12/h3-6,8H,7H2,1-2H3,(H,14,16)(H,15,17). The summed E-state index contributed by atoms with van der Waals surface area (Å²) >= 11 is 1.58. The third kappa shape index (κ3) is 3.07. The first-order chi connectivity index (χ1) is 8.69. The van der Waals surface area contributed by atoms with Crippen LogP contribution in [0.3, 0.4) is 0 Å². The number of carbonyl (C=O) groups is 1. The van der Waals surface area contributed by atoms with Gasteiger partial charge in [0.2, 0.25) is 5.91 Å². The lowest BCUT2D eigenvalue weighted by Crippen LogP contribution is -2.18. The summed E-state index contributed by atoms with van der Waals surface area (Å²) in [6, 6.07) is 8.05. The zero-order chi connectivity index (χ0) is 13.0. The van der Waals surface area contributed by atoms with E-state index in [2.05, 4.69) is 15.6 Å². The second kappa shape index (κ2) is 5.64. The van der Waals surface area contributed by atoms with E-state index in [-0.39, 0.29) is 5.91 Å². The molecule has 1 heterocycles. The fourth-order valence-electron chi connectivity index (χ4n) is 1.54. The van der Waals surface area contributed by atoms with Crippen LogP contribution < -0.4 is 10.6 Å². The summed E-state index contributed by atoms with van der Waals surface area (Å²) < 4.78 is 0. The molecule has 0 bridgehead atoms. The SMILES string of the molecule is CNc1nc(-c2ccc(CNC(C)=O)cc2)cs1. The summed E-state index contributed by atoms with van der Waals surface area (Å²) in [7, 11) is 1.86. The molecule has 2 rings (SSSR count). The van der Waals surface area contributed by atoms with Gasteiger partial charge in [-0.3, -0.25) is 4.79 Å². The molecule has 5 heteroatoms. The second-order valence-corrected chi connectivity index (χ2v) is 4.75. The third-order valence-electron chi connectivity index (χ3n) is 2.51. The molecular formula is C13H15N3OS. The molecule has 0 unspecified atom stereocenters.